The summed E-state index contributed by atoms with van der Waals surface area (Å²) in [6.07, 6.45) is 7.33. The molecule has 1 aromatic heterocycles. The predicted octanol–water partition coefficient (Wildman–Crippen LogP) is 1.65. The van der Waals surface area contributed by atoms with Crippen molar-refractivity contribution in [3.05, 3.63) is 18.2 Å². The number of nitrogens with one attached hydrogen (secondary N) is 1. The number of amides is 1. The van der Waals surface area contributed by atoms with Crippen LogP contribution < -0.4 is 5.32 Å². The standard InChI is InChI=1S/C19H32N4O3S/c1-4-18-20-8-11-22(18)9-5-7-21-19(24)16-12-15-6-10-23(13-17(15)16)27(25,26)14(2)3/h8,11,14-17H,4-7,9-10,12-13H2,1-3H3,(H,21,24)/t15-,16-,17-/m1/s1. The Bertz CT molecular complexity index is 759. The minimum absolute atomic E-state index is 0.0420. The summed E-state index contributed by atoms with van der Waals surface area (Å²) in [6.45, 7) is 8.11. The number of nitrogens with zero attached hydrogens (tertiary/aromatic N) is 3. The highest BCUT2D eigenvalue weighted by molar-refractivity contribution is 7.89. The largest absolute Gasteiger partial charge is 0.356 e. The second-order valence-corrected chi connectivity index (χ2v) is 10.5. The molecule has 2 heterocycles. The molecule has 0 spiro atoms. The molecular weight excluding hydrogens is 364 g/mol. The maximum atomic E-state index is 12.6. The van der Waals surface area contributed by atoms with Gasteiger partial charge in [0.2, 0.25) is 15.9 Å². The first-order valence-electron chi connectivity index (χ1n) is 10.1. The first-order valence-corrected chi connectivity index (χ1v) is 11.6. The molecule has 1 amide bonds. The van der Waals surface area contributed by atoms with Crippen molar-refractivity contribution in [1.29, 1.82) is 0 Å². The van der Waals surface area contributed by atoms with Gasteiger partial charge in [0.25, 0.3) is 0 Å². The number of imidazole rings is 1. The van der Waals surface area contributed by atoms with Crippen molar-refractivity contribution >= 4 is 15.9 Å². The van der Waals surface area contributed by atoms with Gasteiger partial charge in [-0.2, -0.15) is 0 Å². The number of fused-ring (bicyclic) bond motifs is 1. The number of hydrogen-bond acceptors (Lipinski definition) is 4. The Hall–Kier alpha value is -1.41. The maximum absolute atomic E-state index is 12.6. The summed E-state index contributed by atoms with van der Waals surface area (Å²) in [4.78, 5) is 16.9. The van der Waals surface area contributed by atoms with Crippen LogP contribution in [-0.4, -0.2) is 53.1 Å². The monoisotopic (exact) mass is 396 g/mol. The minimum Gasteiger partial charge on any atom is -0.356 e. The van der Waals surface area contributed by atoms with Gasteiger partial charge in [0.1, 0.15) is 5.82 Å². The molecule has 1 saturated heterocycles. The summed E-state index contributed by atoms with van der Waals surface area (Å²) in [5.74, 6) is 1.78. The van der Waals surface area contributed by atoms with Crippen molar-refractivity contribution in [2.24, 2.45) is 17.8 Å². The number of piperidine rings is 1. The van der Waals surface area contributed by atoms with Gasteiger partial charge < -0.3 is 9.88 Å². The first kappa shape index (κ1) is 20.3. The van der Waals surface area contributed by atoms with Crippen molar-refractivity contribution in [2.45, 2.75) is 58.2 Å². The molecule has 0 unspecified atom stereocenters. The lowest BCUT2D eigenvalue weighted by Gasteiger charge is -2.50. The summed E-state index contributed by atoms with van der Waals surface area (Å²) in [6, 6.07) is 0. The number of hydrogen-bond donors (Lipinski definition) is 1. The second-order valence-electron chi connectivity index (χ2n) is 8.04. The van der Waals surface area contributed by atoms with E-state index in [9.17, 15) is 13.2 Å². The summed E-state index contributed by atoms with van der Waals surface area (Å²) in [7, 11) is -3.23. The number of rotatable bonds is 8. The third-order valence-electron chi connectivity index (χ3n) is 6.13. The van der Waals surface area contributed by atoms with E-state index in [2.05, 4.69) is 21.8 Å². The molecule has 0 bridgehead atoms. The van der Waals surface area contributed by atoms with Gasteiger partial charge in [-0.1, -0.05) is 6.92 Å². The van der Waals surface area contributed by atoms with Crippen molar-refractivity contribution in [1.82, 2.24) is 19.2 Å². The lowest BCUT2D eigenvalue weighted by atomic mass is 9.61. The Morgan fingerprint density at radius 3 is 2.89 bits per heavy atom. The third kappa shape index (κ3) is 4.21. The van der Waals surface area contributed by atoms with Crippen LogP contribution in [0, 0.1) is 17.8 Å². The maximum Gasteiger partial charge on any atom is 0.223 e. The normalized spacial score (nSPS) is 25.9. The Morgan fingerprint density at radius 1 is 1.41 bits per heavy atom. The Labute approximate surface area is 162 Å². The minimum atomic E-state index is -3.23. The van der Waals surface area contributed by atoms with Gasteiger partial charge in [-0.15, -0.1) is 0 Å². The zero-order valence-electron chi connectivity index (χ0n) is 16.6. The van der Waals surface area contributed by atoms with E-state index in [4.69, 9.17) is 0 Å². The van der Waals surface area contributed by atoms with E-state index in [1.165, 1.54) is 0 Å². The Balaban J connectivity index is 1.46. The van der Waals surface area contributed by atoms with E-state index in [1.807, 2.05) is 12.4 Å². The van der Waals surface area contributed by atoms with E-state index in [0.29, 0.717) is 25.6 Å². The van der Waals surface area contributed by atoms with Gasteiger partial charge in [0, 0.05) is 50.9 Å². The number of carbonyl (C=O) groups excluding carboxylic acids is 1. The predicted molar refractivity (Wildman–Crippen MR) is 105 cm³/mol. The van der Waals surface area contributed by atoms with E-state index < -0.39 is 15.3 Å². The summed E-state index contributed by atoms with van der Waals surface area (Å²) in [5.41, 5.74) is 0. The quantitative estimate of drug-likeness (QED) is 0.677. The molecule has 8 heteroatoms. The van der Waals surface area contributed by atoms with Gasteiger partial charge in [0.05, 0.1) is 5.25 Å². The zero-order valence-corrected chi connectivity index (χ0v) is 17.4. The average molecular weight is 397 g/mol. The van der Waals surface area contributed by atoms with Gasteiger partial charge in [-0.05, 0) is 44.9 Å². The molecule has 1 N–H and O–H groups in total. The highest BCUT2D eigenvalue weighted by atomic mass is 32.2. The average Bonchev–Trinajstić information content (AvgIpc) is 3.07. The zero-order chi connectivity index (χ0) is 19.6. The third-order valence-corrected chi connectivity index (χ3v) is 8.37. The van der Waals surface area contributed by atoms with Gasteiger partial charge >= 0.3 is 0 Å². The molecule has 0 aromatic carbocycles. The van der Waals surface area contributed by atoms with Gasteiger partial charge in [0.15, 0.2) is 0 Å². The lowest BCUT2D eigenvalue weighted by molar-refractivity contribution is -0.135. The highest BCUT2D eigenvalue weighted by Crippen LogP contribution is 2.46. The number of aromatic nitrogens is 2. The SMILES string of the molecule is CCc1nccn1CCCNC(=O)[C@@H]1C[C@H]2CCN(S(=O)(=O)C(C)C)C[C@H]21. The van der Waals surface area contributed by atoms with Crippen molar-refractivity contribution in [3.63, 3.8) is 0 Å². The van der Waals surface area contributed by atoms with Crippen LogP contribution in [0.1, 0.15) is 45.9 Å². The number of carbonyl (C=O) groups is 1. The molecule has 7 nitrogen and oxygen atoms in total. The smallest absolute Gasteiger partial charge is 0.223 e. The molecule has 1 saturated carbocycles. The van der Waals surface area contributed by atoms with Crippen LogP contribution in [-0.2, 0) is 27.8 Å². The molecule has 152 valence electrons. The van der Waals surface area contributed by atoms with Crippen molar-refractivity contribution < 1.29 is 13.2 Å². The summed E-state index contributed by atoms with van der Waals surface area (Å²) in [5, 5.41) is 2.65. The number of aryl methyl sites for hydroxylation is 2. The molecule has 27 heavy (non-hydrogen) atoms. The lowest BCUT2D eigenvalue weighted by Crippen LogP contribution is -2.56. The fourth-order valence-electron chi connectivity index (χ4n) is 4.33. The van der Waals surface area contributed by atoms with Crippen molar-refractivity contribution in [3.8, 4) is 0 Å². The molecule has 1 aromatic rings. The Kier molecular flexibility index (Phi) is 6.25. The fourth-order valence-corrected chi connectivity index (χ4v) is 5.67. The molecule has 3 rings (SSSR count). The van der Waals surface area contributed by atoms with Gasteiger partial charge in [-0.25, -0.2) is 17.7 Å². The second kappa shape index (κ2) is 8.31. The number of sulfonamides is 1. The van der Waals surface area contributed by atoms with Crippen LogP contribution in [0.5, 0.6) is 0 Å². The van der Waals surface area contributed by atoms with Crippen LogP contribution >= 0.6 is 0 Å². The van der Waals surface area contributed by atoms with Crippen LogP contribution in [0.4, 0.5) is 0 Å². The molecular formula is C19H32N4O3S. The Morgan fingerprint density at radius 2 is 2.19 bits per heavy atom. The summed E-state index contributed by atoms with van der Waals surface area (Å²) >= 11 is 0. The van der Waals surface area contributed by atoms with E-state index in [0.717, 1.165) is 38.1 Å². The highest BCUT2D eigenvalue weighted by Gasteiger charge is 2.49. The fraction of sp³-hybridized carbons (Fsp3) is 0.789. The first-order chi connectivity index (χ1) is 12.8. The van der Waals surface area contributed by atoms with E-state index >= 15 is 0 Å². The van der Waals surface area contributed by atoms with Gasteiger partial charge in [-0.3, -0.25) is 4.79 Å². The van der Waals surface area contributed by atoms with Crippen LogP contribution in [0.15, 0.2) is 12.4 Å². The molecule has 1 aliphatic carbocycles. The summed E-state index contributed by atoms with van der Waals surface area (Å²) < 4.78 is 28.6. The topological polar surface area (TPSA) is 84.3 Å². The molecule has 2 aliphatic rings. The van der Waals surface area contributed by atoms with Crippen LogP contribution in [0.3, 0.4) is 0 Å². The molecule has 1 aliphatic heterocycles. The molecule has 2 fully saturated rings. The molecule has 0 radical (unpaired) electrons. The molecule has 3 atom stereocenters. The van der Waals surface area contributed by atoms with Crippen LogP contribution in [0.2, 0.25) is 0 Å². The van der Waals surface area contributed by atoms with E-state index in [1.54, 1.807) is 18.2 Å². The van der Waals surface area contributed by atoms with Crippen molar-refractivity contribution in [2.75, 3.05) is 19.6 Å². The van der Waals surface area contributed by atoms with Crippen LogP contribution in [0.25, 0.3) is 0 Å². The van der Waals surface area contributed by atoms with E-state index in [-0.39, 0.29) is 17.7 Å².